The van der Waals surface area contributed by atoms with Gasteiger partial charge in [-0.1, -0.05) is 12.1 Å². The first kappa shape index (κ1) is 17.9. The van der Waals surface area contributed by atoms with E-state index in [9.17, 15) is 26.3 Å². The van der Waals surface area contributed by atoms with Gasteiger partial charge in [0.2, 0.25) is 0 Å². The van der Waals surface area contributed by atoms with Crippen LogP contribution in [-0.2, 0) is 0 Å². The lowest BCUT2D eigenvalue weighted by molar-refractivity contribution is -0.274. The van der Waals surface area contributed by atoms with Crippen LogP contribution < -0.4 is 10.1 Å². The highest BCUT2D eigenvalue weighted by Crippen LogP contribution is 2.35. The van der Waals surface area contributed by atoms with Gasteiger partial charge in [0.1, 0.15) is 5.75 Å². The molecule has 1 atom stereocenters. The van der Waals surface area contributed by atoms with Crippen molar-refractivity contribution in [3.05, 3.63) is 29.8 Å². The quantitative estimate of drug-likeness (QED) is 0.848. The summed E-state index contributed by atoms with van der Waals surface area (Å²) in [6.07, 6.45) is -10.4. The van der Waals surface area contributed by atoms with Gasteiger partial charge in [-0.05, 0) is 17.7 Å². The van der Waals surface area contributed by atoms with Crippen molar-refractivity contribution in [2.45, 2.75) is 25.0 Å². The lowest BCUT2D eigenvalue weighted by atomic mass is 10.0. The minimum Gasteiger partial charge on any atom is -0.406 e. The molecule has 1 aliphatic rings. The molecule has 2 rings (SSSR count). The molecule has 0 unspecified atom stereocenters. The van der Waals surface area contributed by atoms with Crippen molar-refractivity contribution >= 4 is 0 Å². The van der Waals surface area contributed by atoms with Crippen molar-refractivity contribution in [2.24, 2.45) is 0 Å². The largest absolute Gasteiger partial charge is 0.573 e. The van der Waals surface area contributed by atoms with E-state index < -0.39 is 30.8 Å². The van der Waals surface area contributed by atoms with E-state index in [1.165, 1.54) is 12.1 Å². The van der Waals surface area contributed by atoms with Crippen LogP contribution in [0.1, 0.15) is 18.0 Å². The highest BCUT2D eigenvalue weighted by molar-refractivity contribution is 5.31. The molecule has 1 fully saturated rings. The smallest absolute Gasteiger partial charge is 0.406 e. The highest BCUT2D eigenvalue weighted by Gasteiger charge is 2.36. The molecule has 1 heterocycles. The van der Waals surface area contributed by atoms with Crippen LogP contribution in [0.3, 0.4) is 0 Å². The van der Waals surface area contributed by atoms with E-state index in [0.717, 1.165) is 12.1 Å². The SMILES string of the molecule is FC(F)(F)C[C@H](c1cccc(OC(F)(F)F)c1)N1CCNCC1. The fraction of sp³-hybridized carbons (Fsp3) is 0.571. The molecule has 3 nitrogen and oxygen atoms in total. The van der Waals surface area contributed by atoms with Crippen LogP contribution in [0.5, 0.6) is 5.75 Å². The molecule has 1 aromatic rings. The van der Waals surface area contributed by atoms with E-state index in [1.54, 1.807) is 4.90 Å². The van der Waals surface area contributed by atoms with Crippen molar-refractivity contribution in [3.8, 4) is 5.75 Å². The Morgan fingerprint density at radius 3 is 2.30 bits per heavy atom. The van der Waals surface area contributed by atoms with Crippen LogP contribution in [0.25, 0.3) is 0 Å². The molecule has 9 heteroatoms. The maximum Gasteiger partial charge on any atom is 0.573 e. The molecule has 1 aromatic carbocycles. The molecule has 1 aliphatic heterocycles. The Morgan fingerprint density at radius 2 is 1.74 bits per heavy atom. The Morgan fingerprint density at radius 1 is 1.09 bits per heavy atom. The van der Waals surface area contributed by atoms with E-state index in [-0.39, 0.29) is 5.56 Å². The molecule has 0 aromatic heterocycles. The number of benzene rings is 1. The zero-order chi connectivity index (χ0) is 17.1. The topological polar surface area (TPSA) is 24.5 Å². The summed E-state index contributed by atoms with van der Waals surface area (Å²) in [5.41, 5.74) is 0.158. The zero-order valence-corrected chi connectivity index (χ0v) is 12.0. The van der Waals surface area contributed by atoms with E-state index in [2.05, 4.69) is 10.1 Å². The van der Waals surface area contributed by atoms with Gasteiger partial charge in [-0.2, -0.15) is 13.2 Å². The number of nitrogens with zero attached hydrogens (tertiary/aromatic N) is 1. The van der Waals surface area contributed by atoms with Gasteiger partial charge in [0.15, 0.2) is 0 Å². The molecule has 0 amide bonds. The molecular formula is C14H16F6N2O. The summed E-state index contributed by atoms with van der Waals surface area (Å²) in [6.45, 7) is 1.86. The second kappa shape index (κ2) is 6.96. The first-order chi connectivity index (χ1) is 10.6. The second-order valence-corrected chi connectivity index (χ2v) is 5.24. The molecular weight excluding hydrogens is 326 g/mol. The molecule has 0 aliphatic carbocycles. The molecule has 23 heavy (non-hydrogen) atoms. The zero-order valence-electron chi connectivity index (χ0n) is 12.0. The number of hydrogen-bond acceptors (Lipinski definition) is 3. The van der Waals surface area contributed by atoms with Crippen LogP contribution in [0.2, 0.25) is 0 Å². The number of hydrogen-bond donors (Lipinski definition) is 1. The normalized spacial score (nSPS) is 18.7. The Labute approximate surface area is 129 Å². The maximum atomic E-state index is 12.9. The summed E-state index contributed by atoms with van der Waals surface area (Å²) in [7, 11) is 0. The molecule has 0 bridgehead atoms. The summed E-state index contributed by atoms with van der Waals surface area (Å²) < 4.78 is 79.2. The molecule has 130 valence electrons. The summed E-state index contributed by atoms with van der Waals surface area (Å²) in [5.74, 6) is -0.516. The predicted octanol–water partition coefficient (Wildman–Crippen LogP) is 3.48. The van der Waals surface area contributed by atoms with Crippen LogP contribution in [0, 0.1) is 0 Å². The summed E-state index contributed by atoms with van der Waals surface area (Å²) in [5, 5.41) is 3.03. The summed E-state index contributed by atoms with van der Waals surface area (Å²) in [4.78, 5) is 1.62. The number of piperazine rings is 1. The van der Waals surface area contributed by atoms with Crippen LogP contribution >= 0.6 is 0 Å². The standard InChI is InChI=1S/C14H16F6N2O/c15-13(16,17)9-12(22-6-4-21-5-7-22)10-2-1-3-11(8-10)23-14(18,19)20/h1-3,8,12,21H,4-7,9H2/t12-/m1/s1. The summed E-state index contributed by atoms with van der Waals surface area (Å²) in [6, 6.07) is 3.71. The van der Waals surface area contributed by atoms with Crippen molar-refractivity contribution in [2.75, 3.05) is 26.2 Å². The molecule has 0 radical (unpaired) electrons. The number of nitrogens with one attached hydrogen (secondary N) is 1. The van der Waals surface area contributed by atoms with Crippen molar-refractivity contribution in [1.82, 2.24) is 10.2 Å². The fourth-order valence-electron chi connectivity index (χ4n) is 2.59. The van der Waals surface area contributed by atoms with Crippen molar-refractivity contribution < 1.29 is 31.1 Å². The lowest BCUT2D eigenvalue weighted by Crippen LogP contribution is -2.46. The third-order valence-corrected chi connectivity index (χ3v) is 3.49. The lowest BCUT2D eigenvalue weighted by Gasteiger charge is -2.35. The monoisotopic (exact) mass is 342 g/mol. The first-order valence-electron chi connectivity index (χ1n) is 7.01. The van der Waals surface area contributed by atoms with Gasteiger partial charge in [-0.3, -0.25) is 4.90 Å². The first-order valence-corrected chi connectivity index (χ1v) is 7.01. The Kier molecular flexibility index (Phi) is 5.41. The number of ether oxygens (including phenoxy) is 1. The molecule has 1 N–H and O–H groups in total. The van der Waals surface area contributed by atoms with Gasteiger partial charge in [-0.25, -0.2) is 0 Å². The number of rotatable bonds is 4. The molecule has 0 saturated carbocycles. The second-order valence-electron chi connectivity index (χ2n) is 5.24. The third kappa shape index (κ3) is 5.91. The van der Waals surface area contributed by atoms with E-state index in [4.69, 9.17) is 0 Å². The van der Waals surface area contributed by atoms with Crippen molar-refractivity contribution in [1.29, 1.82) is 0 Å². The van der Waals surface area contributed by atoms with E-state index in [0.29, 0.717) is 26.2 Å². The summed E-state index contributed by atoms with van der Waals surface area (Å²) >= 11 is 0. The highest BCUT2D eigenvalue weighted by atomic mass is 19.4. The maximum absolute atomic E-state index is 12.9. The molecule has 1 saturated heterocycles. The number of halogens is 6. The van der Waals surface area contributed by atoms with E-state index in [1.807, 2.05) is 0 Å². The Hall–Kier alpha value is -1.48. The van der Waals surface area contributed by atoms with Gasteiger partial charge in [0.25, 0.3) is 0 Å². The average molecular weight is 342 g/mol. The van der Waals surface area contributed by atoms with E-state index >= 15 is 0 Å². The fourth-order valence-corrected chi connectivity index (χ4v) is 2.59. The Balaban J connectivity index is 2.25. The third-order valence-electron chi connectivity index (χ3n) is 3.49. The Bertz CT molecular complexity index is 511. The van der Waals surface area contributed by atoms with Crippen LogP contribution in [0.4, 0.5) is 26.3 Å². The minimum absolute atomic E-state index is 0.158. The van der Waals surface area contributed by atoms with Crippen LogP contribution in [0.15, 0.2) is 24.3 Å². The van der Waals surface area contributed by atoms with Gasteiger partial charge in [-0.15, -0.1) is 13.2 Å². The number of alkyl halides is 6. The van der Waals surface area contributed by atoms with Gasteiger partial charge in [0.05, 0.1) is 6.42 Å². The minimum atomic E-state index is -4.88. The van der Waals surface area contributed by atoms with Crippen LogP contribution in [-0.4, -0.2) is 43.6 Å². The van der Waals surface area contributed by atoms with Gasteiger partial charge >= 0.3 is 12.5 Å². The average Bonchev–Trinajstić information content (AvgIpc) is 2.43. The molecule has 0 spiro atoms. The predicted molar refractivity (Wildman–Crippen MR) is 71.0 cm³/mol. The van der Waals surface area contributed by atoms with Gasteiger partial charge < -0.3 is 10.1 Å². The van der Waals surface area contributed by atoms with Gasteiger partial charge in [0, 0.05) is 32.2 Å². The van der Waals surface area contributed by atoms with Crippen molar-refractivity contribution in [3.63, 3.8) is 0 Å².